The van der Waals surface area contributed by atoms with Crippen LogP contribution in [-0.2, 0) is 9.59 Å². The predicted molar refractivity (Wildman–Crippen MR) is 91.2 cm³/mol. The molecule has 0 fully saturated rings. The highest BCUT2D eigenvalue weighted by Crippen LogP contribution is 2.21. The normalized spacial score (nSPS) is 11.9. The Morgan fingerprint density at radius 3 is 2.64 bits per heavy atom. The smallest absolute Gasteiger partial charge is 0.305 e. The van der Waals surface area contributed by atoms with Crippen LogP contribution in [0.25, 0.3) is 0 Å². The summed E-state index contributed by atoms with van der Waals surface area (Å²) in [6, 6.07) is 7.11. The minimum absolute atomic E-state index is 0.0847. The minimum atomic E-state index is -0.911. The molecule has 0 aromatic heterocycles. The molecule has 0 heterocycles. The third kappa shape index (κ3) is 6.98. The van der Waals surface area contributed by atoms with Crippen LogP contribution in [0.2, 0.25) is 0 Å². The standard InChI is InChI=1S/C17H25NO3S/c1-3-4-10-22-11-9-16(19)18-15(12-17(20)21)14-8-6-5-7-13(14)2/h5-8,15H,3-4,9-12H2,1-2H3,(H,18,19)(H,20,21). The van der Waals surface area contributed by atoms with Crippen molar-refractivity contribution < 1.29 is 14.7 Å². The molecule has 4 nitrogen and oxygen atoms in total. The second-order valence-corrected chi connectivity index (χ2v) is 6.52. The van der Waals surface area contributed by atoms with Gasteiger partial charge in [0.25, 0.3) is 0 Å². The Labute approximate surface area is 136 Å². The number of carboxylic acid groups (broad SMARTS) is 1. The van der Waals surface area contributed by atoms with Crippen LogP contribution >= 0.6 is 11.8 Å². The van der Waals surface area contributed by atoms with Gasteiger partial charge in [0.05, 0.1) is 12.5 Å². The number of hydrogen-bond acceptors (Lipinski definition) is 3. The molecule has 1 atom stereocenters. The fourth-order valence-electron chi connectivity index (χ4n) is 2.17. The number of amides is 1. The third-order valence-corrected chi connectivity index (χ3v) is 4.46. The zero-order valence-corrected chi connectivity index (χ0v) is 14.1. The fraction of sp³-hybridized carbons (Fsp3) is 0.529. The van der Waals surface area contributed by atoms with E-state index in [1.54, 1.807) is 11.8 Å². The first-order valence-corrected chi connectivity index (χ1v) is 8.84. The Morgan fingerprint density at radius 1 is 1.27 bits per heavy atom. The summed E-state index contributed by atoms with van der Waals surface area (Å²) in [7, 11) is 0. The van der Waals surface area contributed by atoms with Crippen molar-refractivity contribution in [2.75, 3.05) is 11.5 Å². The Morgan fingerprint density at radius 2 is 2.00 bits per heavy atom. The molecule has 0 aliphatic heterocycles. The average Bonchev–Trinajstić information content (AvgIpc) is 2.46. The molecule has 0 saturated heterocycles. The van der Waals surface area contributed by atoms with Gasteiger partial charge in [-0.1, -0.05) is 37.6 Å². The van der Waals surface area contributed by atoms with Crippen molar-refractivity contribution in [2.24, 2.45) is 0 Å². The minimum Gasteiger partial charge on any atom is -0.481 e. The predicted octanol–water partition coefficient (Wildman–Crippen LogP) is 3.55. The van der Waals surface area contributed by atoms with Gasteiger partial charge in [-0.15, -0.1) is 0 Å². The third-order valence-electron chi connectivity index (χ3n) is 3.39. The van der Waals surface area contributed by atoms with Crippen LogP contribution in [0, 0.1) is 6.92 Å². The second kappa shape index (κ2) is 10.3. The molecule has 2 N–H and O–H groups in total. The van der Waals surface area contributed by atoms with Crippen molar-refractivity contribution in [3.05, 3.63) is 35.4 Å². The van der Waals surface area contributed by atoms with Gasteiger partial charge in [0.1, 0.15) is 0 Å². The van der Waals surface area contributed by atoms with E-state index in [9.17, 15) is 9.59 Å². The molecule has 0 saturated carbocycles. The summed E-state index contributed by atoms with van der Waals surface area (Å²) in [4.78, 5) is 23.1. The van der Waals surface area contributed by atoms with Gasteiger partial charge in [0.15, 0.2) is 0 Å². The van der Waals surface area contributed by atoms with E-state index in [-0.39, 0.29) is 12.3 Å². The van der Waals surface area contributed by atoms with Crippen molar-refractivity contribution in [3.63, 3.8) is 0 Å². The summed E-state index contributed by atoms with van der Waals surface area (Å²) < 4.78 is 0. The maximum absolute atomic E-state index is 12.0. The summed E-state index contributed by atoms with van der Waals surface area (Å²) in [6.45, 7) is 4.07. The number of benzene rings is 1. The second-order valence-electron chi connectivity index (χ2n) is 5.29. The van der Waals surface area contributed by atoms with Gasteiger partial charge in [-0.25, -0.2) is 0 Å². The number of hydrogen-bond donors (Lipinski definition) is 2. The SMILES string of the molecule is CCCCSCCC(=O)NC(CC(=O)O)c1ccccc1C. The zero-order chi connectivity index (χ0) is 16.4. The van der Waals surface area contributed by atoms with Gasteiger partial charge in [-0.2, -0.15) is 11.8 Å². The van der Waals surface area contributed by atoms with Crippen LogP contribution in [0.5, 0.6) is 0 Å². The Kier molecular flexibility index (Phi) is 8.67. The molecule has 22 heavy (non-hydrogen) atoms. The number of aliphatic carboxylic acids is 1. The first-order chi connectivity index (χ1) is 10.5. The summed E-state index contributed by atoms with van der Waals surface area (Å²) in [5, 5.41) is 11.9. The van der Waals surface area contributed by atoms with E-state index < -0.39 is 12.0 Å². The Balaban J connectivity index is 2.56. The van der Waals surface area contributed by atoms with E-state index in [0.29, 0.717) is 6.42 Å². The first-order valence-electron chi connectivity index (χ1n) is 7.69. The molecule has 0 spiro atoms. The average molecular weight is 323 g/mol. The topological polar surface area (TPSA) is 66.4 Å². The highest BCUT2D eigenvalue weighted by Gasteiger charge is 2.19. The molecule has 1 rings (SSSR count). The van der Waals surface area contributed by atoms with Crippen molar-refractivity contribution in [2.45, 2.75) is 45.6 Å². The Hall–Kier alpha value is -1.49. The van der Waals surface area contributed by atoms with Crippen molar-refractivity contribution in [1.29, 1.82) is 0 Å². The number of rotatable bonds is 10. The highest BCUT2D eigenvalue weighted by molar-refractivity contribution is 7.99. The summed E-state index contributed by atoms with van der Waals surface area (Å²) in [5.74, 6) is 0.851. The van der Waals surface area contributed by atoms with Crippen molar-refractivity contribution in [3.8, 4) is 0 Å². The van der Waals surface area contributed by atoms with E-state index in [4.69, 9.17) is 5.11 Å². The summed E-state index contributed by atoms with van der Waals surface area (Å²) >= 11 is 1.77. The number of thioether (sulfide) groups is 1. The van der Waals surface area contributed by atoms with Crippen molar-refractivity contribution in [1.82, 2.24) is 5.32 Å². The van der Waals surface area contributed by atoms with Crippen LogP contribution in [-0.4, -0.2) is 28.5 Å². The van der Waals surface area contributed by atoms with Gasteiger partial charge >= 0.3 is 5.97 Å². The largest absolute Gasteiger partial charge is 0.481 e. The van der Waals surface area contributed by atoms with Crippen LogP contribution < -0.4 is 5.32 Å². The molecular weight excluding hydrogens is 298 g/mol. The fourth-order valence-corrected chi connectivity index (χ4v) is 3.20. The number of aryl methyl sites for hydroxylation is 1. The maximum Gasteiger partial charge on any atom is 0.305 e. The molecule has 122 valence electrons. The van der Waals surface area contributed by atoms with E-state index >= 15 is 0 Å². The number of nitrogens with one attached hydrogen (secondary N) is 1. The molecule has 0 aliphatic carbocycles. The molecule has 1 unspecified atom stereocenters. The number of unbranched alkanes of at least 4 members (excludes halogenated alkanes) is 1. The number of carbonyl (C=O) groups excluding carboxylic acids is 1. The molecule has 1 amide bonds. The van der Waals surface area contributed by atoms with Gasteiger partial charge in [-0.3, -0.25) is 9.59 Å². The lowest BCUT2D eigenvalue weighted by Crippen LogP contribution is -2.30. The van der Waals surface area contributed by atoms with Crippen LogP contribution in [0.15, 0.2) is 24.3 Å². The zero-order valence-electron chi connectivity index (χ0n) is 13.3. The first kappa shape index (κ1) is 18.6. The molecular formula is C17H25NO3S. The highest BCUT2D eigenvalue weighted by atomic mass is 32.2. The van der Waals surface area contributed by atoms with Gasteiger partial charge < -0.3 is 10.4 Å². The molecule has 0 aliphatic rings. The lowest BCUT2D eigenvalue weighted by atomic mass is 9.98. The lowest BCUT2D eigenvalue weighted by Gasteiger charge is -2.19. The Bertz CT molecular complexity index is 491. The van der Waals surface area contributed by atoms with Crippen molar-refractivity contribution >= 4 is 23.6 Å². The van der Waals surface area contributed by atoms with Crippen LogP contribution in [0.3, 0.4) is 0 Å². The van der Waals surface area contributed by atoms with Gasteiger partial charge in [-0.05, 0) is 30.2 Å². The molecule has 1 aromatic carbocycles. The summed E-state index contributed by atoms with van der Waals surface area (Å²) in [5.41, 5.74) is 1.86. The molecule has 1 aromatic rings. The van der Waals surface area contributed by atoms with Crippen LogP contribution in [0.4, 0.5) is 0 Å². The summed E-state index contributed by atoms with van der Waals surface area (Å²) in [6.07, 6.45) is 2.65. The maximum atomic E-state index is 12.0. The molecule has 5 heteroatoms. The lowest BCUT2D eigenvalue weighted by molar-refractivity contribution is -0.137. The molecule has 0 bridgehead atoms. The van der Waals surface area contributed by atoms with E-state index in [0.717, 1.165) is 35.5 Å². The van der Waals surface area contributed by atoms with E-state index in [2.05, 4.69) is 12.2 Å². The van der Waals surface area contributed by atoms with E-state index in [1.807, 2.05) is 31.2 Å². The number of carbonyl (C=O) groups is 2. The molecule has 0 radical (unpaired) electrons. The van der Waals surface area contributed by atoms with E-state index in [1.165, 1.54) is 0 Å². The monoisotopic (exact) mass is 323 g/mol. The quantitative estimate of drug-likeness (QED) is 0.646. The number of carboxylic acids is 1. The van der Waals surface area contributed by atoms with Gasteiger partial charge in [0.2, 0.25) is 5.91 Å². The van der Waals surface area contributed by atoms with Gasteiger partial charge in [0, 0.05) is 12.2 Å². The van der Waals surface area contributed by atoms with Crippen LogP contribution in [0.1, 0.15) is 49.8 Å².